The monoisotopic (exact) mass is 246 g/mol. The molecule has 0 fully saturated rings. The Bertz CT molecular complexity index is 267. The molecule has 0 saturated heterocycles. The molecular formula is C12H22O5. The third kappa shape index (κ3) is 5.17. The molecule has 0 saturated carbocycles. The maximum absolute atomic E-state index is 11.7. The number of esters is 2. The number of carbonyl (C=O) groups is 2. The molecule has 5 nitrogen and oxygen atoms in total. The first-order chi connectivity index (χ1) is 7.76. The van der Waals surface area contributed by atoms with Crippen molar-refractivity contribution in [3.63, 3.8) is 0 Å². The van der Waals surface area contributed by atoms with Gasteiger partial charge in [0, 0.05) is 7.11 Å². The molecule has 0 aromatic rings. The maximum atomic E-state index is 11.7. The molecule has 0 aromatic heterocycles. The molecule has 17 heavy (non-hydrogen) atoms. The minimum absolute atomic E-state index is 0.121. The molecular weight excluding hydrogens is 224 g/mol. The SMILES string of the molecule is COC(=O)[C@H](CC(C)(C)C)[C@@H](OC)C(=O)OC. The Morgan fingerprint density at radius 2 is 1.47 bits per heavy atom. The van der Waals surface area contributed by atoms with Gasteiger partial charge in [0.15, 0.2) is 6.10 Å². The van der Waals surface area contributed by atoms with E-state index in [1.165, 1.54) is 21.3 Å². The fourth-order valence-corrected chi connectivity index (χ4v) is 1.67. The van der Waals surface area contributed by atoms with Crippen molar-refractivity contribution in [1.82, 2.24) is 0 Å². The van der Waals surface area contributed by atoms with E-state index in [1.54, 1.807) is 0 Å². The lowest BCUT2D eigenvalue weighted by atomic mass is 9.82. The molecule has 0 unspecified atom stereocenters. The fraction of sp³-hybridized carbons (Fsp3) is 0.833. The molecule has 100 valence electrons. The van der Waals surface area contributed by atoms with Crippen molar-refractivity contribution in [1.29, 1.82) is 0 Å². The first-order valence-electron chi connectivity index (χ1n) is 5.45. The van der Waals surface area contributed by atoms with Crippen LogP contribution < -0.4 is 0 Å². The van der Waals surface area contributed by atoms with Crippen LogP contribution in [0.4, 0.5) is 0 Å². The lowest BCUT2D eigenvalue weighted by Gasteiger charge is -2.28. The van der Waals surface area contributed by atoms with E-state index in [1.807, 2.05) is 20.8 Å². The van der Waals surface area contributed by atoms with E-state index in [9.17, 15) is 9.59 Å². The molecule has 0 aromatic carbocycles. The number of rotatable bonds is 5. The molecule has 0 N–H and O–H groups in total. The Hall–Kier alpha value is -1.10. The van der Waals surface area contributed by atoms with E-state index in [-0.39, 0.29) is 5.41 Å². The number of carbonyl (C=O) groups excluding carboxylic acids is 2. The summed E-state index contributed by atoms with van der Waals surface area (Å²) in [7, 11) is 3.93. The molecule has 0 radical (unpaired) electrons. The number of methoxy groups -OCH3 is 3. The molecule has 0 spiro atoms. The zero-order valence-corrected chi connectivity index (χ0v) is 11.4. The van der Waals surface area contributed by atoms with Gasteiger partial charge in [0.25, 0.3) is 0 Å². The fourth-order valence-electron chi connectivity index (χ4n) is 1.67. The van der Waals surface area contributed by atoms with Gasteiger partial charge >= 0.3 is 11.9 Å². The summed E-state index contributed by atoms with van der Waals surface area (Å²) in [5.74, 6) is -1.68. The summed E-state index contributed by atoms with van der Waals surface area (Å²) >= 11 is 0. The summed E-state index contributed by atoms with van der Waals surface area (Å²) in [5.41, 5.74) is -0.121. The molecule has 0 bridgehead atoms. The smallest absolute Gasteiger partial charge is 0.335 e. The first kappa shape index (κ1) is 15.9. The predicted octanol–water partition coefficient (Wildman–Crippen LogP) is 1.40. The van der Waals surface area contributed by atoms with Gasteiger partial charge in [-0.05, 0) is 11.8 Å². The Kier molecular flexibility index (Phi) is 6.16. The van der Waals surface area contributed by atoms with Crippen molar-refractivity contribution < 1.29 is 23.8 Å². The van der Waals surface area contributed by atoms with Crippen LogP contribution >= 0.6 is 0 Å². The van der Waals surface area contributed by atoms with Gasteiger partial charge in [0.2, 0.25) is 0 Å². The van der Waals surface area contributed by atoms with Crippen molar-refractivity contribution >= 4 is 11.9 Å². The minimum atomic E-state index is -0.924. The largest absolute Gasteiger partial charge is 0.469 e. The van der Waals surface area contributed by atoms with Crippen LogP contribution in [0.25, 0.3) is 0 Å². The van der Waals surface area contributed by atoms with E-state index >= 15 is 0 Å². The Balaban J connectivity index is 5.00. The van der Waals surface area contributed by atoms with Crippen LogP contribution in [0.2, 0.25) is 0 Å². The number of ether oxygens (including phenoxy) is 3. The standard InChI is InChI=1S/C12H22O5/c1-12(2,3)7-8(10(13)16-5)9(15-4)11(14)17-6/h8-9H,7H2,1-6H3/t8-,9-/m1/s1. The molecule has 5 heteroatoms. The average Bonchev–Trinajstić information content (AvgIpc) is 2.25. The zero-order chi connectivity index (χ0) is 13.6. The van der Waals surface area contributed by atoms with Crippen LogP contribution in [0.15, 0.2) is 0 Å². The van der Waals surface area contributed by atoms with Gasteiger partial charge in [0.1, 0.15) is 0 Å². The highest BCUT2D eigenvalue weighted by Crippen LogP contribution is 2.28. The maximum Gasteiger partial charge on any atom is 0.335 e. The average molecular weight is 246 g/mol. The number of hydrogen-bond donors (Lipinski definition) is 0. The normalized spacial score (nSPS) is 14.9. The van der Waals surface area contributed by atoms with Gasteiger partial charge in [-0.1, -0.05) is 20.8 Å². The molecule has 2 atom stereocenters. The van der Waals surface area contributed by atoms with Crippen molar-refractivity contribution in [2.75, 3.05) is 21.3 Å². The van der Waals surface area contributed by atoms with Crippen LogP contribution in [0.1, 0.15) is 27.2 Å². The molecule has 0 amide bonds. The van der Waals surface area contributed by atoms with Gasteiger partial charge in [-0.2, -0.15) is 0 Å². The lowest BCUT2D eigenvalue weighted by molar-refractivity contribution is -0.167. The van der Waals surface area contributed by atoms with E-state index in [0.717, 1.165) is 0 Å². The van der Waals surface area contributed by atoms with E-state index in [4.69, 9.17) is 9.47 Å². The zero-order valence-electron chi connectivity index (χ0n) is 11.4. The molecule has 0 aliphatic rings. The highest BCUT2D eigenvalue weighted by molar-refractivity contribution is 5.83. The van der Waals surface area contributed by atoms with Crippen molar-refractivity contribution in [3.8, 4) is 0 Å². The van der Waals surface area contributed by atoms with Crippen LogP contribution in [0, 0.1) is 11.3 Å². The third-order valence-electron chi connectivity index (χ3n) is 2.39. The lowest BCUT2D eigenvalue weighted by Crippen LogP contribution is -2.40. The second kappa shape index (κ2) is 6.59. The minimum Gasteiger partial charge on any atom is -0.469 e. The summed E-state index contributed by atoms with van der Waals surface area (Å²) in [5, 5.41) is 0. The van der Waals surface area contributed by atoms with Crippen LogP contribution in [0.3, 0.4) is 0 Å². The summed E-state index contributed by atoms with van der Waals surface area (Å²) in [6, 6.07) is 0. The van der Waals surface area contributed by atoms with Gasteiger partial charge in [-0.25, -0.2) is 4.79 Å². The number of hydrogen-bond acceptors (Lipinski definition) is 5. The van der Waals surface area contributed by atoms with Gasteiger partial charge in [0.05, 0.1) is 20.1 Å². The molecule has 0 heterocycles. The summed E-state index contributed by atoms with van der Waals surface area (Å²) in [6.45, 7) is 5.94. The molecule has 0 aliphatic heterocycles. The molecule has 0 aliphatic carbocycles. The summed E-state index contributed by atoms with van der Waals surface area (Å²) in [4.78, 5) is 23.2. The third-order valence-corrected chi connectivity index (χ3v) is 2.39. The Morgan fingerprint density at radius 1 is 1.00 bits per heavy atom. The van der Waals surface area contributed by atoms with Gasteiger partial charge in [-0.15, -0.1) is 0 Å². The van der Waals surface area contributed by atoms with Crippen LogP contribution in [0.5, 0.6) is 0 Å². The highest BCUT2D eigenvalue weighted by Gasteiger charge is 2.38. The second-order valence-electron chi connectivity index (χ2n) is 5.07. The first-order valence-corrected chi connectivity index (χ1v) is 5.45. The quantitative estimate of drug-likeness (QED) is 0.686. The summed E-state index contributed by atoms with van der Waals surface area (Å²) in [6.07, 6.45) is -0.445. The van der Waals surface area contributed by atoms with Gasteiger partial charge in [-0.3, -0.25) is 4.79 Å². The second-order valence-corrected chi connectivity index (χ2v) is 5.07. The Morgan fingerprint density at radius 3 is 1.76 bits per heavy atom. The highest BCUT2D eigenvalue weighted by atomic mass is 16.6. The summed E-state index contributed by atoms with van der Waals surface area (Å²) < 4.78 is 14.4. The Labute approximate surface area is 102 Å². The van der Waals surface area contributed by atoms with E-state index < -0.39 is 24.0 Å². The van der Waals surface area contributed by atoms with Crippen LogP contribution in [-0.4, -0.2) is 39.4 Å². The topological polar surface area (TPSA) is 61.8 Å². The van der Waals surface area contributed by atoms with Crippen molar-refractivity contribution in [2.45, 2.75) is 33.3 Å². The van der Waals surface area contributed by atoms with Crippen LogP contribution in [-0.2, 0) is 23.8 Å². The van der Waals surface area contributed by atoms with E-state index in [0.29, 0.717) is 6.42 Å². The van der Waals surface area contributed by atoms with Crippen molar-refractivity contribution in [3.05, 3.63) is 0 Å². The van der Waals surface area contributed by atoms with Gasteiger partial charge < -0.3 is 14.2 Å². The van der Waals surface area contributed by atoms with E-state index in [2.05, 4.69) is 4.74 Å². The predicted molar refractivity (Wildman–Crippen MR) is 62.4 cm³/mol. The molecule has 0 rings (SSSR count). The van der Waals surface area contributed by atoms with Crippen molar-refractivity contribution in [2.24, 2.45) is 11.3 Å².